The van der Waals surface area contributed by atoms with Gasteiger partial charge in [0.2, 0.25) is 5.75 Å². The quantitative estimate of drug-likeness (QED) is 0.693. The summed E-state index contributed by atoms with van der Waals surface area (Å²) in [5.74, 6) is 1.45. The third kappa shape index (κ3) is 3.27. The van der Waals surface area contributed by atoms with E-state index in [9.17, 15) is 4.79 Å². The van der Waals surface area contributed by atoms with Gasteiger partial charge in [-0.2, -0.15) is 0 Å². The van der Waals surface area contributed by atoms with Crippen LogP contribution in [0.5, 0.6) is 11.5 Å². The number of ether oxygens (including phenoxy) is 2. The molecule has 4 heteroatoms. The Bertz CT molecular complexity index is 877. The number of rotatable bonds is 3. The molecular weight excluding hydrogens is 304 g/mol. The van der Waals surface area contributed by atoms with Crippen molar-refractivity contribution >= 4 is 11.0 Å². The third-order valence-electron chi connectivity index (χ3n) is 3.58. The molecule has 0 fully saturated rings. The number of methoxy groups -OCH3 is 2. The zero-order chi connectivity index (χ0) is 17.7. The fourth-order valence-electron chi connectivity index (χ4n) is 2.39. The van der Waals surface area contributed by atoms with Crippen LogP contribution < -0.4 is 14.9 Å². The number of hydrogen-bond acceptors (Lipinski definition) is 4. The lowest BCUT2D eigenvalue weighted by molar-refractivity contribution is 0.353. The number of benzene rings is 2. The van der Waals surface area contributed by atoms with Gasteiger partial charge in [-0.1, -0.05) is 43.7 Å². The van der Waals surface area contributed by atoms with Gasteiger partial charge >= 0.3 is 0 Å². The minimum Gasteiger partial charge on any atom is -0.493 e. The van der Waals surface area contributed by atoms with Gasteiger partial charge in [0.1, 0.15) is 5.76 Å². The standard InChI is InChI=1S/C18H16O4.C2H6/c1-11-4-6-12(7-5-11)16-10-14(19)13-8-9-15(20-2)18(21-3)17(13)22-16;1-2/h4-10H,1-3H3;1-2H3. The first kappa shape index (κ1) is 17.6. The van der Waals surface area contributed by atoms with E-state index >= 15 is 0 Å². The van der Waals surface area contributed by atoms with Gasteiger partial charge in [0.15, 0.2) is 16.8 Å². The van der Waals surface area contributed by atoms with Gasteiger partial charge in [-0.15, -0.1) is 0 Å². The van der Waals surface area contributed by atoms with Crippen LogP contribution in [0.4, 0.5) is 0 Å². The van der Waals surface area contributed by atoms with E-state index in [2.05, 4.69) is 0 Å². The summed E-state index contributed by atoms with van der Waals surface area (Å²) in [4.78, 5) is 12.4. The van der Waals surface area contributed by atoms with Crippen molar-refractivity contribution in [2.24, 2.45) is 0 Å². The lowest BCUT2D eigenvalue weighted by Crippen LogP contribution is -2.02. The molecule has 0 spiro atoms. The Hall–Kier alpha value is -2.75. The molecule has 0 amide bonds. The molecule has 3 rings (SSSR count). The van der Waals surface area contributed by atoms with E-state index in [0.29, 0.717) is 28.2 Å². The average molecular weight is 326 g/mol. The molecule has 0 saturated heterocycles. The number of aryl methyl sites for hydroxylation is 1. The SMILES string of the molecule is CC.COc1ccc2c(=O)cc(-c3ccc(C)cc3)oc2c1OC. The van der Waals surface area contributed by atoms with Crippen LogP contribution >= 0.6 is 0 Å². The molecule has 0 atom stereocenters. The fraction of sp³-hybridized carbons (Fsp3) is 0.250. The minimum atomic E-state index is -0.113. The van der Waals surface area contributed by atoms with Crippen molar-refractivity contribution in [3.63, 3.8) is 0 Å². The minimum absolute atomic E-state index is 0.113. The lowest BCUT2D eigenvalue weighted by Gasteiger charge is -2.10. The molecular formula is C20H22O4. The van der Waals surface area contributed by atoms with E-state index in [1.54, 1.807) is 19.2 Å². The fourth-order valence-corrected chi connectivity index (χ4v) is 2.39. The molecule has 0 unspecified atom stereocenters. The molecule has 1 aromatic heterocycles. The van der Waals surface area contributed by atoms with E-state index in [0.717, 1.165) is 11.1 Å². The maximum absolute atomic E-state index is 12.4. The predicted molar refractivity (Wildman–Crippen MR) is 97.1 cm³/mol. The molecule has 0 saturated carbocycles. The van der Waals surface area contributed by atoms with Gasteiger partial charge in [0, 0.05) is 11.6 Å². The van der Waals surface area contributed by atoms with Crippen molar-refractivity contribution in [2.45, 2.75) is 20.8 Å². The van der Waals surface area contributed by atoms with Crippen LogP contribution in [0, 0.1) is 6.92 Å². The molecule has 4 nitrogen and oxygen atoms in total. The first-order valence-corrected chi connectivity index (χ1v) is 7.90. The summed E-state index contributed by atoms with van der Waals surface area (Å²) >= 11 is 0. The summed E-state index contributed by atoms with van der Waals surface area (Å²) in [5, 5.41) is 0.466. The molecule has 24 heavy (non-hydrogen) atoms. The highest BCUT2D eigenvalue weighted by Crippen LogP contribution is 2.36. The van der Waals surface area contributed by atoms with Gasteiger partial charge in [-0.3, -0.25) is 4.79 Å². The Labute approximate surface area is 141 Å². The first-order chi connectivity index (χ1) is 11.6. The Morgan fingerprint density at radius 1 is 0.917 bits per heavy atom. The molecule has 3 aromatic rings. The van der Waals surface area contributed by atoms with E-state index < -0.39 is 0 Å². The summed E-state index contributed by atoms with van der Waals surface area (Å²) in [6, 6.07) is 12.7. The van der Waals surface area contributed by atoms with E-state index in [4.69, 9.17) is 13.9 Å². The summed E-state index contributed by atoms with van der Waals surface area (Å²) in [5.41, 5.74) is 2.27. The highest BCUT2D eigenvalue weighted by molar-refractivity contribution is 5.86. The molecule has 1 heterocycles. The van der Waals surface area contributed by atoms with Crippen molar-refractivity contribution in [2.75, 3.05) is 14.2 Å². The maximum atomic E-state index is 12.4. The summed E-state index contributed by atoms with van der Waals surface area (Å²) in [6.45, 7) is 6.01. The Kier molecular flexibility index (Phi) is 5.64. The van der Waals surface area contributed by atoms with Gasteiger partial charge in [-0.25, -0.2) is 0 Å². The molecule has 2 aromatic carbocycles. The monoisotopic (exact) mass is 326 g/mol. The molecule has 0 N–H and O–H groups in total. The first-order valence-electron chi connectivity index (χ1n) is 7.90. The highest BCUT2D eigenvalue weighted by atomic mass is 16.5. The van der Waals surface area contributed by atoms with Crippen molar-refractivity contribution in [1.29, 1.82) is 0 Å². The largest absolute Gasteiger partial charge is 0.493 e. The maximum Gasteiger partial charge on any atom is 0.204 e. The van der Waals surface area contributed by atoms with Crippen LogP contribution in [0.25, 0.3) is 22.3 Å². The molecule has 0 aliphatic carbocycles. The third-order valence-corrected chi connectivity index (χ3v) is 3.58. The zero-order valence-electron chi connectivity index (χ0n) is 14.7. The van der Waals surface area contributed by atoms with Crippen molar-refractivity contribution in [1.82, 2.24) is 0 Å². The zero-order valence-corrected chi connectivity index (χ0v) is 14.7. The normalized spacial score (nSPS) is 10.0. The van der Waals surface area contributed by atoms with Crippen LogP contribution in [-0.4, -0.2) is 14.2 Å². The average Bonchev–Trinajstić information content (AvgIpc) is 2.62. The second kappa shape index (κ2) is 7.68. The summed E-state index contributed by atoms with van der Waals surface area (Å²) in [7, 11) is 3.07. The second-order valence-corrected chi connectivity index (χ2v) is 5.02. The predicted octanol–water partition coefficient (Wildman–Crippen LogP) is 4.81. The lowest BCUT2D eigenvalue weighted by atomic mass is 10.1. The van der Waals surface area contributed by atoms with Gasteiger partial charge in [0.25, 0.3) is 0 Å². The van der Waals surface area contributed by atoms with Crippen LogP contribution in [0.2, 0.25) is 0 Å². The molecule has 0 aliphatic rings. The van der Waals surface area contributed by atoms with Gasteiger partial charge in [-0.05, 0) is 19.1 Å². The Morgan fingerprint density at radius 3 is 2.17 bits per heavy atom. The van der Waals surface area contributed by atoms with E-state index in [1.165, 1.54) is 13.2 Å². The van der Waals surface area contributed by atoms with Crippen LogP contribution in [0.15, 0.2) is 51.7 Å². The van der Waals surface area contributed by atoms with Gasteiger partial charge < -0.3 is 13.9 Å². The molecule has 0 bridgehead atoms. The van der Waals surface area contributed by atoms with Crippen molar-refractivity contribution in [3.8, 4) is 22.8 Å². The van der Waals surface area contributed by atoms with E-state index in [-0.39, 0.29) is 5.43 Å². The number of fused-ring (bicyclic) bond motifs is 1. The van der Waals surface area contributed by atoms with Crippen LogP contribution in [0.1, 0.15) is 19.4 Å². The smallest absolute Gasteiger partial charge is 0.204 e. The van der Waals surface area contributed by atoms with E-state index in [1.807, 2.05) is 45.0 Å². The molecule has 0 radical (unpaired) electrons. The summed E-state index contributed by atoms with van der Waals surface area (Å²) in [6.07, 6.45) is 0. The summed E-state index contributed by atoms with van der Waals surface area (Å²) < 4.78 is 16.5. The second-order valence-electron chi connectivity index (χ2n) is 5.02. The number of hydrogen-bond donors (Lipinski definition) is 0. The van der Waals surface area contributed by atoms with Crippen molar-refractivity contribution in [3.05, 3.63) is 58.3 Å². The highest BCUT2D eigenvalue weighted by Gasteiger charge is 2.15. The van der Waals surface area contributed by atoms with Crippen LogP contribution in [0.3, 0.4) is 0 Å². The Morgan fingerprint density at radius 2 is 1.58 bits per heavy atom. The Balaban J connectivity index is 0.00000100. The molecule has 126 valence electrons. The van der Waals surface area contributed by atoms with Gasteiger partial charge in [0.05, 0.1) is 19.6 Å². The van der Waals surface area contributed by atoms with Crippen LogP contribution in [-0.2, 0) is 0 Å². The topological polar surface area (TPSA) is 48.7 Å². The van der Waals surface area contributed by atoms with Crippen molar-refractivity contribution < 1.29 is 13.9 Å². The molecule has 0 aliphatic heterocycles.